The van der Waals surface area contributed by atoms with E-state index in [0.717, 1.165) is 5.01 Å². The molecule has 2 amide bonds. The Morgan fingerprint density at radius 1 is 1.12 bits per heavy atom. The normalized spacial score (nSPS) is 16.4. The van der Waals surface area contributed by atoms with Crippen molar-refractivity contribution in [3.8, 4) is 0 Å². The van der Waals surface area contributed by atoms with Gasteiger partial charge in [0.1, 0.15) is 12.4 Å². The van der Waals surface area contributed by atoms with Crippen LogP contribution in [0.2, 0.25) is 0 Å². The smallest absolute Gasteiger partial charge is 0.311 e. The molecule has 1 heterocycles. The van der Waals surface area contributed by atoms with Crippen molar-refractivity contribution < 1.29 is 23.5 Å². The third-order valence-electron chi connectivity index (χ3n) is 4.06. The third kappa shape index (κ3) is 4.05. The zero-order valence-corrected chi connectivity index (χ0v) is 13.9. The summed E-state index contributed by atoms with van der Waals surface area (Å²) in [5.41, 5.74) is 3.16. The fourth-order valence-corrected chi connectivity index (χ4v) is 2.63. The molecule has 0 bridgehead atoms. The fraction of sp³-hybridized carbons (Fsp3) is 0.211. The minimum absolute atomic E-state index is 0.0213. The first-order valence-corrected chi connectivity index (χ1v) is 8.11. The maximum atomic E-state index is 13.5. The van der Waals surface area contributed by atoms with Gasteiger partial charge in [0.15, 0.2) is 0 Å². The predicted molar refractivity (Wildman–Crippen MR) is 89.9 cm³/mol. The van der Waals surface area contributed by atoms with Crippen LogP contribution in [0.1, 0.15) is 22.3 Å². The van der Waals surface area contributed by atoms with Crippen molar-refractivity contribution in [3.05, 3.63) is 71.5 Å². The first-order valence-electron chi connectivity index (χ1n) is 8.11. The van der Waals surface area contributed by atoms with Gasteiger partial charge in [0.05, 0.1) is 12.5 Å². The summed E-state index contributed by atoms with van der Waals surface area (Å²) in [4.78, 5) is 36.3. The van der Waals surface area contributed by atoms with E-state index >= 15 is 0 Å². The molecule has 0 radical (unpaired) electrons. The van der Waals surface area contributed by atoms with E-state index in [9.17, 15) is 18.8 Å². The Bertz CT molecular complexity index is 825. The summed E-state index contributed by atoms with van der Waals surface area (Å²) in [5, 5.41) is 1.12. The Balaban J connectivity index is 1.54. The van der Waals surface area contributed by atoms with Crippen molar-refractivity contribution >= 4 is 17.8 Å². The van der Waals surface area contributed by atoms with Crippen molar-refractivity contribution in [1.29, 1.82) is 0 Å². The van der Waals surface area contributed by atoms with E-state index in [1.807, 2.05) is 0 Å². The number of benzene rings is 2. The second kappa shape index (κ2) is 7.77. The number of nitrogens with zero attached hydrogens (tertiary/aromatic N) is 1. The predicted octanol–water partition coefficient (Wildman–Crippen LogP) is 2.06. The minimum Gasteiger partial charge on any atom is -0.460 e. The summed E-state index contributed by atoms with van der Waals surface area (Å²) in [7, 11) is 0. The average molecular weight is 356 g/mol. The van der Waals surface area contributed by atoms with Gasteiger partial charge in [-0.2, -0.15) is 0 Å². The molecule has 1 atom stereocenters. The molecule has 2 aromatic rings. The van der Waals surface area contributed by atoms with Gasteiger partial charge in [-0.05, 0) is 18.2 Å². The van der Waals surface area contributed by atoms with Crippen LogP contribution in [0.5, 0.6) is 0 Å². The molecular formula is C19H17FN2O4. The number of nitrogens with one attached hydrogen (secondary N) is 1. The summed E-state index contributed by atoms with van der Waals surface area (Å²) >= 11 is 0. The van der Waals surface area contributed by atoms with Crippen LogP contribution in [-0.4, -0.2) is 29.3 Å². The van der Waals surface area contributed by atoms with Crippen molar-refractivity contribution in [2.45, 2.75) is 13.0 Å². The molecule has 1 aliphatic heterocycles. The van der Waals surface area contributed by atoms with E-state index in [4.69, 9.17) is 4.74 Å². The van der Waals surface area contributed by atoms with Crippen LogP contribution in [-0.2, 0) is 20.9 Å². The quantitative estimate of drug-likeness (QED) is 0.832. The highest BCUT2D eigenvalue weighted by atomic mass is 19.1. The second-order valence-corrected chi connectivity index (χ2v) is 5.91. The van der Waals surface area contributed by atoms with Gasteiger partial charge in [0, 0.05) is 17.5 Å². The minimum atomic E-state index is -0.703. The van der Waals surface area contributed by atoms with Crippen LogP contribution in [0.25, 0.3) is 0 Å². The lowest BCUT2D eigenvalue weighted by Gasteiger charge is -2.17. The van der Waals surface area contributed by atoms with E-state index in [0.29, 0.717) is 5.56 Å². The van der Waals surface area contributed by atoms with Gasteiger partial charge in [0.2, 0.25) is 5.91 Å². The van der Waals surface area contributed by atoms with Crippen LogP contribution < -0.4 is 5.43 Å². The molecule has 0 spiro atoms. The molecule has 1 N–H and O–H groups in total. The topological polar surface area (TPSA) is 75.7 Å². The van der Waals surface area contributed by atoms with Gasteiger partial charge in [-0.3, -0.25) is 24.8 Å². The van der Waals surface area contributed by atoms with Crippen LogP contribution in [0.4, 0.5) is 4.39 Å². The molecule has 2 aromatic carbocycles. The van der Waals surface area contributed by atoms with Gasteiger partial charge in [-0.25, -0.2) is 4.39 Å². The monoisotopic (exact) mass is 356 g/mol. The highest BCUT2D eigenvalue weighted by molar-refractivity contribution is 5.96. The first kappa shape index (κ1) is 17.6. The number of amides is 2. The van der Waals surface area contributed by atoms with E-state index in [1.165, 1.54) is 12.1 Å². The third-order valence-corrected chi connectivity index (χ3v) is 4.06. The molecule has 6 nitrogen and oxygen atoms in total. The summed E-state index contributed by atoms with van der Waals surface area (Å²) in [6.45, 7) is -0.180. The zero-order chi connectivity index (χ0) is 18.5. The van der Waals surface area contributed by atoms with Crippen LogP contribution >= 0.6 is 0 Å². The highest BCUT2D eigenvalue weighted by Crippen LogP contribution is 2.19. The fourth-order valence-electron chi connectivity index (χ4n) is 2.63. The zero-order valence-electron chi connectivity index (χ0n) is 13.9. The summed E-state index contributed by atoms with van der Waals surface area (Å²) in [5.74, 6) is -2.57. The molecule has 26 heavy (non-hydrogen) atoms. The number of esters is 1. The van der Waals surface area contributed by atoms with Crippen LogP contribution in [0.15, 0.2) is 54.6 Å². The van der Waals surface area contributed by atoms with Gasteiger partial charge in [-0.1, -0.05) is 36.4 Å². The molecule has 0 saturated carbocycles. The molecule has 3 rings (SSSR count). The number of carbonyl (C=O) groups is 3. The number of hydrogen-bond donors (Lipinski definition) is 1. The Hall–Kier alpha value is -3.22. The lowest BCUT2D eigenvalue weighted by Crippen LogP contribution is -2.43. The number of hydrazine groups is 1. The number of carbonyl (C=O) groups excluding carboxylic acids is 3. The summed E-state index contributed by atoms with van der Waals surface area (Å²) in [6, 6.07) is 14.4. The average Bonchev–Trinajstić information content (AvgIpc) is 3.02. The van der Waals surface area contributed by atoms with Crippen molar-refractivity contribution in [3.63, 3.8) is 0 Å². The molecule has 0 aromatic heterocycles. The SMILES string of the molecule is O=C(NN1C[C@H](C(=O)OCc2ccccc2F)CC1=O)c1ccccc1. The highest BCUT2D eigenvalue weighted by Gasteiger charge is 2.36. The summed E-state index contributed by atoms with van der Waals surface area (Å²) < 4.78 is 18.7. The standard InChI is InChI=1S/C19H17FN2O4/c20-16-9-5-4-8-14(16)12-26-19(25)15-10-17(23)22(11-15)21-18(24)13-6-2-1-3-7-13/h1-9,15H,10-12H2,(H,21,24)/t15-/m1/s1. The molecule has 1 fully saturated rings. The number of halogens is 1. The molecule has 7 heteroatoms. The molecule has 1 aliphatic rings. The lowest BCUT2D eigenvalue weighted by molar-refractivity contribution is -0.149. The molecular weight excluding hydrogens is 339 g/mol. The van der Waals surface area contributed by atoms with Gasteiger partial charge in [0.25, 0.3) is 5.91 Å². The number of hydrogen-bond acceptors (Lipinski definition) is 4. The van der Waals surface area contributed by atoms with Gasteiger partial charge in [-0.15, -0.1) is 0 Å². The molecule has 134 valence electrons. The van der Waals surface area contributed by atoms with E-state index in [-0.39, 0.29) is 31.0 Å². The Labute approximate surface area is 149 Å². The largest absolute Gasteiger partial charge is 0.460 e. The Morgan fingerprint density at radius 2 is 1.81 bits per heavy atom. The Morgan fingerprint density at radius 3 is 2.54 bits per heavy atom. The maximum absolute atomic E-state index is 13.5. The van der Waals surface area contributed by atoms with Gasteiger partial charge >= 0.3 is 5.97 Å². The molecule has 1 saturated heterocycles. The van der Waals surface area contributed by atoms with Crippen molar-refractivity contribution in [2.75, 3.05) is 6.54 Å². The number of ether oxygens (including phenoxy) is 1. The van der Waals surface area contributed by atoms with Crippen molar-refractivity contribution in [1.82, 2.24) is 10.4 Å². The molecule has 0 aliphatic carbocycles. The van der Waals surface area contributed by atoms with E-state index < -0.39 is 23.6 Å². The van der Waals surface area contributed by atoms with Crippen LogP contribution in [0, 0.1) is 11.7 Å². The molecule has 0 unspecified atom stereocenters. The summed E-state index contributed by atoms with van der Waals surface area (Å²) in [6.07, 6.45) is -0.0643. The lowest BCUT2D eigenvalue weighted by atomic mass is 10.1. The first-order chi connectivity index (χ1) is 12.5. The second-order valence-electron chi connectivity index (χ2n) is 5.91. The van der Waals surface area contributed by atoms with E-state index in [2.05, 4.69) is 5.43 Å². The van der Waals surface area contributed by atoms with Crippen LogP contribution in [0.3, 0.4) is 0 Å². The van der Waals surface area contributed by atoms with Gasteiger partial charge < -0.3 is 4.74 Å². The number of rotatable bonds is 5. The maximum Gasteiger partial charge on any atom is 0.311 e. The Kier molecular flexibility index (Phi) is 5.26. The van der Waals surface area contributed by atoms with Crippen molar-refractivity contribution in [2.24, 2.45) is 5.92 Å². The van der Waals surface area contributed by atoms with E-state index in [1.54, 1.807) is 42.5 Å².